The zero-order chi connectivity index (χ0) is 17.2. The van der Waals surface area contributed by atoms with Gasteiger partial charge in [0.05, 0.1) is 12.5 Å². The minimum Gasteiger partial charge on any atom is -0.380 e. The molecule has 0 bridgehead atoms. The lowest BCUT2D eigenvalue weighted by molar-refractivity contribution is -0.131. The molecule has 6 heteroatoms. The Labute approximate surface area is 148 Å². The Bertz CT molecular complexity index is 738. The maximum Gasteiger partial charge on any atom is 0.227 e. The Hall–Kier alpha value is -1.92. The summed E-state index contributed by atoms with van der Waals surface area (Å²) in [5, 5.41) is 1.04. The molecule has 1 amide bonds. The summed E-state index contributed by atoms with van der Waals surface area (Å²) in [6.45, 7) is 3.99. The summed E-state index contributed by atoms with van der Waals surface area (Å²) < 4.78 is 5.56. The highest BCUT2D eigenvalue weighted by molar-refractivity contribution is 5.87. The summed E-state index contributed by atoms with van der Waals surface area (Å²) in [5.41, 5.74) is 1.86. The number of rotatable bonds is 5. The molecule has 4 heterocycles. The summed E-state index contributed by atoms with van der Waals surface area (Å²) in [4.78, 5) is 25.0. The number of fused-ring (bicyclic) bond motifs is 1. The first kappa shape index (κ1) is 16.5. The quantitative estimate of drug-likeness (QED) is 0.900. The van der Waals surface area contributed by atoms with Crippen LogP contribution in [0, 0.1) is 0 Å². The highest BCUT2D eigenvalue weighted by atomic mass is 16.5. The number of likely N-dealkylation sites (tertiary alicyclic amines) is 2. The number of pyridine rings is 1. The second-order valence-corrected chi connectivity index (χ2v) is 7.19. The fraction of sp³-hybridized carbons (Fsp3) is 0.579. The average Bonchev–Trinajstić information content (AvgIpc) is 3.36. The van der Waals surface area contributed by atoms with Crippen molar-refractivity contribution in [3.05, 3.63) is 30.1 Å². The van der Waals surface area contributed by atoms with Gasteiger partial charge in [0.25, 0.3) is 0 Å². The summed E-state index contributed by atoms with van der Waals surface area (Å²) in [7, 11) is 1.75. The minimum atomic E-state index is 0.154. The lowest BCUT2D eigenvalue weighted by atomic mass is 10.1. The van der Waals surface area contributed by atoms with Gasteiger partial charge in [-0.3, -0.25) is 4.79 Å². The van der Waals surface area contributed by atoms with Gasteiger partial charge in [-0.15, -0.1) is 0 Å². The summed E-state index contributed by atoms with van der Waals surface area (Å²) in [5.74, 6) is 0.188. The fourth-order valence-corrected chi connectivity index (χ4v) is 4.21. The van der Waals surface area contributed by atoms with Crippen molar-refractivity contribution in [1.29, 1.82) is 0 Å². The highest BCUT2D eigenvalue weighted by Gasteiger charge is 2.36. The van der Waals surface area contributed by atoms with Gasteiger partial charge >= 0.3 is 0 Å². The number of methoxy groups -OCH3 is 1. The van der Waals surface area contributed by atoms with E-state index in [4.69, 9.17) is 4.74 Å². The molecule has 134 valence electrons. The van der Waals surface area contributed by atoms with E-state index in [-0.39, 0.29) is 18.1 Å². The largest absolute Gasteiger partial charge is 0.380 e. The second-order valence-electron chi connectivity index (χ2n) is 7.19. The SMILES string of the molecule is CO[C@H]1C[C@@H](CN2CCCC2)N(C(=O)Cc2c[nH]c3ncccc23)C1. The molecular weight excluding hydrogens is 316 g/mol. The molecule has 2 aliphatic rings. The van der Waals surface area contributed by atoms with Crippen molar-refractivity contribution >= 4 is 16.9 Å². The van der Waals surface area contributed by atoms with Crippen LogP contribution in [-0.4, -0.2) is 71.1 Å². The van der Waals surface area contributed by atoms with Crippen molar-refractivity contribution in [3.8, 4) is 0 Å². The smallest absolute Gasteiger partial charge is 0.227 e. The van der Waals surface area contributed by atoms with Crippen molar-refractivity contribution in [2.24, 2.45) is 0 Å². The Balaban J connectivity index is 1.48. The summed E-state index contributed by atoms with van der Waals surface area (Å²) >= 11 is 0. The lowest BCUT2D eigenvalue weighted by Crippen LogP contribution is -2.43. The normalized spacial score (nSPS) is 24.4. The molecule has 0 unspecified atom stereocenters. The Morgan fingerprint density at radius 3 is 3.04 bits per heavy atom. The number of amides is 1. The van der Waals surface area contributed by atoms with Crippen LogP contribution in [0.1, 0.15) is 24.8 Å². The van der Waals surface area contributed by atoms with Gasteiger partial charge < -0.3 is 19.5 Å². The number of H-pyrrole nitrogens is 1. The molecule has 25 heavy (non-hydrogen) atoms. The first-order valence-electron chi connectivity index (χ1n) is 9.20. The number of nitrogens with one attached hydrogen (secondary N) is 1. The molecule has 2 aromatic rings. The van der Waals surface area contributed by atoms with Gasteiger partial charge in [-0.05, 0) is 50.0 Å². The van der Waals surface area contributed by atoms with E-state index in [1.165, 1.54) is 12.8 Å². The van der Waals surface area contributed by atoms with E-state index in [1.54, 1.807) is 13.3 Å². The molecule has 2 atom stereocenters. The number of carbonyl (C=O) groups excluding carboxylic acids is 1. The van der Waals surface area contributed by atoms with Crippen molar-refractivity contribution in [2.75, 3.05) is 33.3 Å². The summed E-state index contributed by atoms with van der Waals surface area (Å²) in [6, 6.07) is 4.20. The highest BCUT2D eigenvalue weighted by Crippen LogP contribution is 2.25. The number of hydrogen-bond donors (Lipinski definition) is 1. The van der Waals surface area contributed by atoms with Gasteiger partial charge in [0.15, 0.2) is 0 Å². The predicted molar refractivity (Wildman–Crippen MR) is 96.4 cm³/mol. The van der Waals surface area contributed by atoms with Crippen LogP contribution in [-0.2, 0) is 16.0 Å². The van der Waals surface area contributed by atoms with E-state index >= 15 is 0 Å². The Morgan fingerprint density at radius 1 is 1.40 bits per heavy atom. The van der Waals surface area contributed by atoms with E-state index in [0.29, 0.717) is 13.0 Å². The van der Waals surface area contributed by atoms with Crippen LogP contribution in [0.15, 0.2) is 24.5 Å². The van der Waals surface area contributed by atoms with Crippen molar-refractivity contribution < 1.29 is 9.53 Å². The maximum absolute atomic E-state index is 13.0. The van der Waals surface area contributed by atoms with E-state index in [0.717, 1.165) is 42.7 Å². The van der Waals surface area contributed by atoms with Crippen LogP contribution in [0.3, 0.4) is 0 Å². The van der Waals surface area contributed by atoms with Gasteiger partial charge in [0.2, 0.25) is 5.91 Å². The number of nitrogens with zero attached hydrogens (tertiary/aromatic N) is 3. The zero-order valence-electron chi connectivity index (χ0n) is 14.8. The van der Waals surface area contributed by atoms with Gasteiger partial charge in [0, 0.05) is 44.0 Å². The van der Waals surface area contributed by atoms with Crippen molar-refractivity contribution in [2.45, 2.75) is 37.8 Å². The minimum absolute atomic E-state index is 0.154. The third kappa shape index (κ3) is 3.41. The van der Waals surface area contributed by atoms with E-state index in [9.17, 15) is 4.79 Å². The number of ether oxygens (including phenoxy) is 1. The van der Waals surface area contributed by atoms with Crippen LogP contribution in [0.2, 0.25) is 0 Å². The van der Waals surface area contributed by atoms with E-state index in [2.05, 4.69) is 14.9 Å². The fourth-order valence-electron chi connectivity index (χ4n) is 4.21. The number of hydrogen-bond acceptors (Lipinski definition) is 4. The van der Waals surface area contributed by atoms with Gasteiger partial charge in [-0.2, -0.15) is 0 Å². The molecule has 0 spiro atoms. The van der Waals surface area contributed by atoms with Gasteiger partial charge in [-0.1, -0.05) is 0 Å². The molecule has 0 aliphatic carbocycles. The third-order valence-corrected chi connectivity index (χ3v) is 5.58. The lowest BCUT2D eigenvalue weighted by Gasteiger charge is -2.28. The van der Waals surface area contributed by atoms with Crippen LogP contribution in [0.5, 0.6) is 0 Å². The van der Waals surface area contributed by atoms with Crippen molar-refractivity contribution in [1.82, 2.24) is 19.8 Å². The molecule has 2 fully saturated rings. The van der Waals surface area contributed by atoms with E-state index < -0.39 is 0 Å². The Kier molecular flexibility index (Phi) is 4.72. The van der Waals surface area contributed by atoms with Crippen LogP contribution < -0.4 is 0 Å². The average molecular weight is 342 g/mol. The standard InChI is InChI=1S/C19H26N4O2/c1-25-16-10-15(12-22-7-2-3-8-22)23(13-16)18(24)9-14-11-21-19-17(14)5-4-6-20-19/h4-6,11,15-16H,2-3,7-10,12-13H2,1H3,(H,20,21)/t15-,16-/m0/s1. The molecule has 6 nitrogen and oxygen atoms in total. The first-order valence-corrected chi connectivity index (χ1v) is 9.20. The van der Waals surface area contributed by atoms with Crippen LogP contribution in [0.4, 0.5) is 0 Å². The number of aromatic amines is 1. The summed E-state index contributed by atoms with van der Waals surface area (Å²) in [6.07, 6.45) is 7.73. The first-order chi connectivity index (χ1) is 12.2. The topological polar surface area (TPSA) is 61.5 Å². The monoisotopic (exact) mass is 342 g/mol. The molecule has 2 aromatic heterocycles. The third-order valence-electron chi connectivity index (χ3n) is 5.58. The van der Waals surface area contributed by atoms with Crippen LogP contribution in [0.25, 0.3) is 11.0 Å². The van der Waals surface area contributed by atoms with E-state index in [1.807, 2.05) is 23.2 Å². The molecule has 0 radical (unpaired) electrons. The zero-order valence-corrected chi connectivity index (χ0v) is 14.8. The van der Waals surface area contributed by atoms with Gasteiger partial charge in [0.1, 0.15) is 5.65 Å². The van der Waals surface area contributed by atoms with Gasteiger partial charge in [-0.25, -0.2) is 4.98 Å². The second kappa shape index (κ2) is 7.14. The Morgan fingerprint density at radius 2 is 2.24 bits per heavy atom. The van der Waals surface area contributed by atoms with Crippen LogP contribution >= 0.6 is 0 Å². The number of carbonyl (C=O) groups is 1. The van der Waals surface area contributed by atoms with Crippen molar-refractivity contribution in [3.63, 3.8) is 0 Å². The maximum atomic E-state index is 13.0. The molecule has 0 saturated carbocycles. The molecule has 2 aliphatic heterocycles. The molecular formula is C19H26N4O2. The predicted octanol–water partition coefficient (Wildman–Crippen LogP) is 1.82. The molecule has 1 N–H and O–H groups in total. The number of aromatic nitrogens is 2. The molecule has 2 saturated heterocycles. The molecule has 0 aromatic carbocycles. The molecule has 4 rings (SSSR count).